The van der Waals surface area contributed by atoms with Crippen LogP contribution in [0.15, 0.2) is 30.3 Å². The van der Waals surface area contributed by atoms with Gasteiger partial charge in [-0.25, -0.2) is 9.97 Å². The smallest absolute Gasteiger partial charge is 0.253 e. The lowest BCUT2D eigenvalue weighted by Crippen LogP contribution is -2.47. The van der Waals surface area contributed by atoms with Crippen molar-refractivity contribution in [1.82, 2.24) is 24.7 Å². The largest absolute Gasteiger partial charge is 0.370 e. The number of aryl methyl sites for hydroxylation is 1. The van der Waals surface area contributed by atoms with E-state index < -0.39 is 0 Å². The van der Waals surface area contributed by atoms with Gasteiger partial charge in [0.25, 0.3) is 5.91 Å². The minimum Gasteiger partial charge on any atom is -0.370 e. The molecule has 32 heavy (non-hydrogen) atoms. The minimum atomic E-state index is 0.0775. The highest BCUT2D eigenvalue weighted by Crippen LogP contribution is 2.20. The number of nitrogens with one attached hydrogen (secondary N) is 1. The Hall–Kier alpha value is -3.00. The molecule has 0 saturated carbocycles. The van der Waals surface area contributed by atoms with E-state index in [0.29, 0.717) is 17.8 Å². The normalized spacial score (nSPS) is 17.1. The predicted molar refractivity (Wildman–Crippen MR) is 125 cm³/mol. The molecule has 2 aliphatic rings. The minimum absolute atomic E-state index is 0.0775. The van der Waals surface area contributed by atoms with E-state index in [1.165, 1.54) is 0 Å². The molecule has 0 aliphatic carbocycles. The first-order valence-electron chi connectivity index (χ1n) is 11.5. The molecule has 4 rings (SSSR count). The van der Waals surface area contributed by atoms with Crippen molar-refractivity contribution in [2.24, 2.45) is 0 Å². The summed E-state index contributed by atoms with van der Waals surface area (Å²) in [7, 11) is 2.08. The highest BCUT2D eigenvalue weighted by Gasteiger charge is 2.21. The molecular weight excluding hydrogens is 404 g/mol. The van der Waals surface area contributed by atoms with Gasteiger partial charge in [0.05, 0.1) is 0 Å². The summed E-state index contributed by atoms with van der Waals surface area (Å²) >= 11 is 0. The standard InChI is InChI=1S/C24H32N6O2/c1-18-17-21(25-10-4-12-29-11-3-5-22(29)31)27-23(26-18)19-6-8-20(9-7-19)24(32)30-15-13-28(2)14-16-30/h6-9,17H,3-5,10-16H2,1-2H3,(H,25,26,27). The van der Waals surface area contributed by atoms with Crippen LogP contribution in [0.2, 0.25) is 0 Å². The van der Waals surface area contributed by atoms with Gasteiger partial charge in [-0.15, -0.1) is 0 Å². The van der Waals surface area contributed by atoms with Crippen LogP contribution in [0.25, 0.3) is 11.4 Å². The number of aromatic nitrogens is 2. The van der Waals surface area contributed by atoms with Crippen LogP contribution in [-0.4, -0.2) is 89.3 Å². The Balaban J connectivity index is 1.36. The molecule has 2 fully saturated rings. The van der Waals surface area contributed by atoms with Crippen molar-refractivity contribution in [2.75, 3.05) is 58.2 Å². The van der Waals surface area contributed by atoms with E-state index in [1.54, 1.807) is 0 Å². The fraction of sp³-hybridized carbons (Fsp3) is 0.500. The average molecular weight is 437 g/mol. The maximum absolute atomic E-state index is 12.8. The lowest BCUT2D eigenvalue weighted by Gasteiger charge is -2.32. The molecule has 2 saturated heterocycles. The molecule has 1 N–H and O–H groups in total. The lowest BCUT2D eigenvalue weighted by atomic mass is 10.1. The van der Waals surface area contributed by atoms with E-state index in [-0.39, 0.29) is 11.8 Å². The number of benzene rings is 1. The van der Waals surface area contributed by atoms with Crippen LogP contribution in [0.5, 0.6) is 0 Å². The summed E-state index contributed by atoms with van der Waals surface area (Å²) in [6, 6.07) is 9.49. The molecular formula is C24H32N6O2. The number of carbonyl (C=O) groups is 2. The van der Waals surface area contributed by atoms with Crippen molar-refractivity contribution in [2.45, 2.75) is 26.2 Å². The molecule has 8 heteroatoms. The molecule has 1 aromatic carbocycles. The molecule has 2 aliphatic heterocycles. The van der Waals surface area contributed by atoms with Gasteiger partial charge in [0.15, 0.2) is 5.82 Å². The molecule has 2 amide bonds. The Morgan fingerprint density at radius 3 is 2.50 bits per heavy atom. The maximum Gasteiger partial charge on any atom is 0.253 e. The summed E-state index contributed by atoms with van der Waals surface area (Å²) in [6.45, 7) is 7.70. The molecule has 1 aromatic heterocycles. The fourth-order valence-corrected chi connectivity index (χ4v) is 4.17. The number of likely N-dealkylation sites (tertiary alicyclic amines) is 1. The molecule has 0 unspecified atom stereocenters. The Bertz CT molecular complexity index is 953. The van der Waals surface area contributed by atoms with Crippen molar-refractivity contribution in [3.8, 4) is 11.4 Å². The van der Waals surface area contributed by atoms with Crippen molar-refractivity contribution in [3.63, 3.8) is 0 Å². The third-order valence-corrected chi connectivity index (χ3v) is 6.12. The van der Waals surface area contributed by atoms with Gasteiger partial charge in [-0.05, 0) is 38.9 Å². The number of anilines is 1. The van der Waals surface area contributed by atoms with Crippen LogP contribution in [-0.2, 0) is 4.79 Å². The zero-order valence-electron chi connectivity index (χ0n) is 19.0. The van der Waals surface area contributed by atoms with E-state index in [4.69, 9.17) is 0 Å². The average Bonchev–Trinajstić information content (AvgIpc) is 3.21. The van der Waals surface area contributed by atoms with Crippen LogP contribution in [0.3, 0.4) is 0 Å². The van der Waals surface area contributed by atoms with Gasteiger partial charge in [0.1, 0.15) is 5.82 Å². The first-order chi connectivity index (χ1) is 15.5. The third kappa shape index (κ3) is 5.43. The Morgan fingerprint density at radius 2 is 1.81 bits per heavy atom. The van der Waals surface area contributed by atoms with Gasteiger partial charge < -0.3 is 20.0 Å². The summed E-state index contributed by atoms with van der Waals surface area (Å²) in [5.41, 5.74) is 2.46. The van der Waals surface area contributed by atoms with Crippen LogP contribution < -0.4 is 5.32 Å². The number of rotatable bonds is 7. The predicted octanol–water partition coefficient (Wildman–Crippen LogP) is 2.26. The summed E-state index contributed by atoms with van der Waals surface area (Å²) in [5, 5.41) is 3.36. The van der Waals surface area contributed by atoms with Gasteiger partial charge in [0, 0.05) is 75.1 Å². The second kappa shape index (κ2) is 10.1. The number of carbonyl (C=O) groups excluding carboxylic acids is 2. The molecule has 8 nitrogen and oxygen atoms in total. The lowest BCUT2D eigenvalue weighted by molar-refractivity contribution is -0.127. The zero-order valence-corrected chi connectivity index (χ0v) is 19.0. The van der Waals surface area contributed by atoms with Crippen LogP contribution in [0, 0.1) is 6.92 Å². The second-order valence-corrected chi connectivity index (χ2v) is 8.66. The van der Waals surface area contributed by atoms with Crippen LogP contribution >= 0.6 is 0 Å². The quantitative estimate of drug-likeness (QED) is 0.671. The van der Waals surface area contributed by atoms with Crippen molar-refractivity contribution in [3.05, 3.63) is 41.6 Å². The summed E-state index contributed by atoms with van der Waals surface area (Å²) in [4.78, 5) is 39.8. The topological polar surface area (TPSA) is 81.7 Å². The maximum atomic E-state index is 12.8. The summed E-state index contributed by atoms with van der Waals surface area (Å²) < 4.78 is 0. The Labute approximate surface area is 189 Å². The van der Waals surface area contributed by atoms with Gasteiger partial charge in [-0.2, -0.15) is 0 Å². The SMILES string of the molecule is Cc1cc(NCCCN2CCCC2=O)nc(-c2ccc(C(=O)N3CCN(C)CC3)cc2)n1. The highest BCUT2D eigenvalue weighted by molar-refractivity contribution is 5.94. The monoisotopic (exact) mass is 436 g/mol. The molecule has 0 atom stereocenters. The number of amides is 2. The Kier molecular flexibility index (Phi) is 6.99. The van der Waals surface area contributed by atoms with Gasteiger partial charge in [-0.3, -0.25) is 9.59 Å². The first-order valence-corrected chi connectivity index (χ1v) is 11.5. The van der Waals surface area contributed by atoms with Crippen molar-refractivity contribution < 1.29 is 9.59 Å². The number of likely N-dealkylation sites (N-methyl/N-ethyl adjacent to an activating group) is 1. The van der Waals surface area contributed by atoms with Gasteiger partial charge in [0.2, 0.25) is 5.91 Å². The van der Waals surface area contributed by atoms with Gasteiger partial charge in [-0.1, -0.05) is 12.1 Å². The molecule has 0 radical (unpaired) electrons. The molecule has 0 spiro atoms. The van der Waals surface area contributed by atoms with E-state index in [0.717, 1.165) is 75.7 Å². The molecule has 2 aromatic rings. The molecule has 170 valence electrons. The zero-order chi connectivity index (χ0) is 22.5. The number of hydrogen-bond donors (Lipinski definition) is 1. The molecule has 3 heterocycles. The van der Waals surface area contributed by atoms with Crippen molar-refractivity contribution in [1.29, 1.82) is 0 Å². The highest BCUT2D eigenvalue weighted by atomic mass is 16.2. The van der Waals surface area contributed by atoms with E-state index >= 15 is 0 Å². The van der Waals surface area contributed by atoms with E-state index in [2.05, 4.69) is 27.2 Å². The van der Waals surface area contributed by atoms with Crippen molar-refractivity contribution >= 4 is 17.6 Å². The fourth-order valence-electron chi connectivity index (χ4n) is 4.17. The van der Waals surface area contributed by atoms with E-state index in [9.17, 15) is 9.59 Å². The van der Waals surface area contributed by atoms with Crippen LogP contribution in [0.1, 0.15) is 35.3 Å². The third-order valence-electron chi connectivity index (χ3n) is 6.12. The van der Waals surface area contributed by atoms with Crippen LogP contribution in [0.4, 0.5) is 5.82 Å². The van der Waals surface area contributed by atoms with E-state index in [1.807, 2.05) is 47.1 Å². The summed E-state index contributed by atoms with van der Waals surface area (Å²) in [6.07, 6.45) is 2.54. The number of nitrogens with zero attached hydrogens (tertiary/aromatic N) is 5. The number of hydrogen-bond acceptors (Lipinski definition) is 6. The Morgan fingerprint density at radius 1 is 1.06 bits per heavy atom. The summed E-state index contributed by atoms with van der Waals surface area (Å²) in [5.74, 6) is 1.76. The first kappa shape index (κ1) is 22.2. The second-order valence-electron chi connectivity index (χ2n) is 8.66. The number of piperazine rings is 1. The van der Waals surface area contributed by atoms with Gasteiger partial charge >= 0.3 is 0 Å². The molecule has 0 bridgehead atoms.